The summed E-state index contributed by atoms with van der Waals surface area (Å²) in [5.41, 5.74) is -0.804. The number of fused-ring (bicyclic) bond motifs is 7. The first-order valence-corrected chi connectivity index (χ1v) is 8.17. The SMILES string of the molecule is O=C1c2ccc3ccoc3c2O[C@@H]2COc3cc4c(cc3[C@]12O)OCO4. The van der Waals surface area contributed by atoms with Crippen LogP contribution in [0.2, 0.25) is 0 Å². The number of carbonyl (C=O) groups is 1. The smallest absolute Gasteiger partial charge is 0.231 e. The maximum Gasteiger partial charge on any atom is 0.231 e. The maximum absolute atomic E-state index is 13.3. The second-order valence-electron chi connectivity index (χ2n) is 6.50. The zero-order valence-electron chi connectivity index (χ0n) is 13.4. The molecule has 0 saturated heterocycles. The molecule has 7 nitrogen and oxygen atoms in total. The molecule has 0 unspecified atom stereocenters. The van der Waals surface area contributed by atoms with Crippen LogP contribution >= 0.6 is 0 Å². The van der Waals surface area contributed by atoms with E-state index in [0.29, 0.717) is 34.1 Å². The van der Waals surface area contributed by atoms with Gasteiger partial charge in [-0.15, -0.1) is 0 Å². The molecule has 0 spiro atoms. The predicted octanol–water partition coefficient (Wildman–Crippen LogP) is 2.39. The van der Waals surface area contributed by atoms with Crippen LogP contribution in [0, 0.1) is 0 Å². The van der Waals surface area contributed by atoms with Gasteiger partial charge in [-0.1, -0.05) is 6.07 Å². The van der Waals surface area contributed by atoms with Gasteiger partial charge in [-0.25, -0.2) is 0 Å². The van der Waals surface area contributed by atoms with E-state index in [1.165, 1.54) is 6.26 Å². The molecule has 6 rings (SSSR count). The predicted molar refractivity (Wildman–Crippen MR) is 86.9 cm³/mol. The molecule has 1 aromatic heterocycles. The van der Waals surface area contributed by atoms with Crippen LogP contribution in [0.25, 0.3) is 11.0 Å². The summed E-state index contributed by atoms with van der Waals surface area (Å²) in [4.78, 5) is 13.3. The lowest BCUT2D eigenvalue weighted by Gasteiger charge is -2.42. The van der Waals surface area contributed by atoms with E-state index in [1.807, 2.05) is 0 Å². The third-order valence-corrected chi connectivity index (χ3v) is 5.17. The molecule has 3 aliphatic heterocycles. The van der Waals surface area contributed by atoms with Gasteiger partial charge in [0.2, 0.25) is 12.6 Å². The molecule has 3 aliphatic rings. The Hall–Kier alpha value is -3.19. The van der Waals surface area contributed by atoms with Crippen LogP contribution in [0.1, 0.15) is 15.9 Å². The summed E-state index contributed by atoms with van der Waals surface area (Å²) in [5.74, 6) is 1.24. The monoisotopic (exact) mass is 352 g/mol. The van der Waals surface area contributed by atoms with Crippen molar-refractivity contribution in [2.45, 2.75) is 11.7 Å². The summed E-state index contributed by atoms with van der Waals surface area (Å²) in [6, 6.07) is 8.41. The Morgan fingerprint density at radius 1 is 1.04 bits per heavy atom. The summed E-state index contributed by atoms with van der Waals surface area (Å²) in [7, 11) is 0. The molecule has 0 fully saturated rings. The van der Waals surface area contributed by atoms with E-state index in [1.54, 1.807) is 30.3 Å². The first-order valence-electron chi connectivity index (χ1n) is 8.17. The van der Waals surface area contributed by atoms with Gasteiger partial charge in [0.25, 0.3) is 0 Å². The zero-order chi connectivity index (χ0) is 17.5. The molecular weight excluding hydrogens is 340 g/mol. The number of rotatable bonds is 0. The number of aliphatic hydroxyl groups is 1. The van der Waals surface area contributed by atoms with Crippen LogP contribution in [0.3, 0.4) is 0 Å². The average Bonchev–Trinajstić information content (AvgIpc) is 3.30. The van der Waals surface area contributed by atoms with Crippen molar-refractivity contribution < 1.29 is 33.3 Å². The van der Waals surface area contributed by atoms with Crippen LogP contribution in [0.5, 0.6) is 23.0 Å². The Kier molecular flexibility index (Phi) is 2.43. The van der Waals surface area contributed by atoms with Crippen LogP contribution in [-0.2, 0) is 5.60 Å². The number of benzene rings is 2. The fourth-order valence-electron chi connectivity index (χ4n) is 3.84. The largest absolute Gasteiger partial charge is 0.489 e. The summed E-state index contributed by atoms with van der Waals surface area (Å²) in [6.07, 6.45) is 0.637. The molecule has 4 heterocycles. The first kappa shape index (κ1) is 14.0. The second kappa shape index (κ2) is 4.50. The van der Waals surface area contributed by atoms with Gasteiger partial charge in [-0.3, -0.25) is 4.79 Å². The molecule has 2 atom stereocenters. The number of carbonyl (C=O) groups excluding carboxylic acids is 1. The average molecular weight is 352 g/mol. The zero-order valence-corrected chi connectivity index (χ0v) is 13.4. The summed E-state index contributed by atoms with van der Waals surface area (Å²) < 4.78 is 27.9. The second-order valence-corrected chi connectivity index (χ2v) is 6.50. The maximum atomic E-state index is 13.3. The molecule has 0 aliphatic carbocycles. The molecule has 3 aromatic rings. The Labute approximate surface area is 146 Å². The lowest BCUT2D eigenvalue weighted by Crippen LogP contribution is -2.57. The third-order valence-electron chi connectivity index (χ3n) is 5.17. The lowest BCUT2D eigenvalue weighted by atomic mass is 9.77. The van der Waals surface area contributed by atoms with E-state index in [-0.39, 0.29) is 19.0 Å². The standard InChI is InChI=1S/C19H12O7/c20-18-10-2-1-9-3-4-22-16(9)17(10)26-15-7-23-12-6-14-13(24-8-25-14)5-11(12)19(15,18)21/h1-6,15,21H,7-8H2/t15-,19-/m1/s1. The minimum absolute atomic E-state index is 0.0193. The fraction of sp³-hybridized carbons (Fsp3) is 0.211. The van der Waals surface area contributed by atoms with Crippen molar-refractivity contribution in [2.24, 2.45) is 0 Å². The van der Waals surface area contributed by atoms with Gasteiger partial charge in [0.05, 0.1) is 11.8 Å². The Morgan fingerprint density at radius 2 is 1.88 bits per heavy atom. The Bertz CT molecular complexity index is 1100. The third kappa shape index (κ3) is 1.54. The van der Waals surface area contributed by atoms with Gasteiger partial charge >= 0.3 is 0 Å². The van der Waals surface area contributed by atoms with Crippen molar-refractivity contribution in [2.75, 3.05) is 13.4 Å². The molecule has 2 aromatic carbocycles. The Morgan fingerprint density at radius 3 is 2.77 bits per heavy atom. The van der Waals surface area contributed by atoms with Crippen molar-refractivity contribution in [1.29, 1.82) is 0 Å². The van der Waals surface area contributed by atoms with Crippen LogP contribution in [-0.4, -0.2) is 30.4 Å². The molecule has 130 valence electrons. The van der Waals surface area contributed by atoms with Crippen LogP contribution in [0.15, 0.2) is 41.0 Å². The van der Waals surface area contributed by atoms with E-state index in [9.17, 15) is 9.90 Å². The number of hydrogen-bond donors (Lipinski definition) is 1. The number of ketones is 1. The van der Waals surface area contributed by atoms with Gasteiger partial charge < -0.3 is 28.5 Å². The first-order chi connectivity index (χ1) is 12.7. The van der Waals surface area contributed by atoms with E-state index < -0.39 is 17.5 Å². The van der Waals surface area contributed by atoms with Crippen LogP contribution < -0.4 is 18.9 Å². The quantitative estimate of drug-likeness (QED) is 0.665. The van der Waals surface area contributed by atoms with Crippen LogP contribution in [0.4, 0.5) is 0 Å². The van der Waals surface area contributed by atoms with Crippen molar-refractivity contribution in [1.82, 2.24) is 0 Å². The number of ether oxygens (including phenoxy) is 4. The minimum Gasteiger partial charge on any atom is -0.489 e. The lowest BCUT2D eigenvalue weighted by molar-refractivity contribution is -0.0795. The molecule has 0 radical (unpaired) electrons. The van der Waals surface area contributed by atoms with Gasteiger partial charge in [0, 0.05) is 17.0 Å². The van der Waals surface area contributed by atoms with E-state index >= 15 is 0 Å². The number of Topliss-reactive ketones (excluding diaryl/α,β-unsaturated/α-hetero) is 1. The van der Waals surface area contributed by atoms with Crippen molar-refractivity contribution in [3.8, 4) is 23.0 Å². The van der Waals surface area contributed by atoms with Crippen molar-refractivity contribution in [3.63, 3.8) is 0 Å². The normalized spacial score (nSPS) is 25.1. The highest BCUT2D eigenvalue weighted by Gasteiger charge is 2.56. The van der Waals surface area contributed by atoms with Gasteiger partial charge in [0.15, 0.2) is 34.5 Å². The van der Waals surface area contributed by atoms with Gasteiger partial charge in [-0.05, 0) is 18.2 Å². The van der Waals surface area contributed by atoms with E-state index in [4.69, 9.17) is 23.4 Å². The van der Waals surface area contributed by atoms with Crippen molar-refractivity contribution in [3.05, 3.63) is 47.7 Å². The fourth-order valence-corrected chi connectivity index (χ4v) is 3.84. The molecule has 0 saturated carbocycles. The highest BCUT2D eigenvalue weighted by Crippen LogP contribution is 2.50. The molecule has 26 heavy (non-hydrogen) atoms. The molecular formula is C19H12O7. The molecule has 1 N–H and O–H groups in total. The Balaban J connectivity index is 1.59. The minimum atomic E-state index is -1.87. The summed E-state index contributed by atoms with van der Waals surface area (Å²) >= 11 is 0. The van der Waals surface area contributed by atoms with E-state index in [0.717, 1.165) is 5.39 Å². The number of hydrogen-bond acceptors (Lipinski definition) is 7. The summed E-state index contributed by atoms with van der Waals surface area (Å²) in [6.45, 7) is 0.106. The van der Waals surface area contributed by atoms with Gasteiger partial charge in [-0.2, -0.15) is 0 Å². The number of furan rings is 1. The summed E-state index contributed by atoms with van der Waals surface area (Å²) in [5, 5.41) is 12.3. The highest BCUT2D eigenvalue weighted by atomic mass is 16.7. The topological polar surface area (TPSA) is 87.4 Å². The molecule has 7 heteroatoms. The highest BCUT2D eigenvalue weighted by molar-refractivity contribution is 6.10. The molecule has 0 amide bonds. The van der Waals surface area contributed by atoms with Crippen molar-refractivity contribution >= 4 is 16.8 Å². The molecule has 0 bridgehead atoms. The van der Waals surface area contributed by atoms with Gasteiger partial charge in [0.1, 0.15) is 12.4 Å². The van der Waals surface area contributed by atoms with E-state index in [2.05, 4.69) is 0 Å².